The molecule has 3 aromatic rings. The van der Waals surface area contributed by atoms with Gasteiger partial charge < -0.3 is 0 Å². The van der Waals surface area contributed by atoms with E-state index in [0.29, 0.717) is 5.56 Å². The summed E-state index contributed by atoms with van der Waals surface area (Å²) < 4.78 is 22.3. The highest BCUT2D eigenvalue weighted by Gasteiger charge is 2.07. The zero-order valence-corrected chi connectivity index (χ0v) is 12.2. The lowest BCUT2D eigenvalue weighted by Crippen LogP contribution is -1.91. The van der Waals surface area contributed by atoms with Crippen LogP contribution < -0.4 is 0 Å². The zero-order valence-electron chi connectivity index (χ0n) is 15.2. The summed E-state index contributed by atoms with van der Waals surface area (Å²) in [5, 5.41) is 0. The van der Waals surface area contributed by atoms with Gasteiger partial charge in [-0.1, -0.05) is 54.1 Å². The van der Waals surface area contributed by atoms with Crippen LogP contribution in [0.15, 0.2) is 60.8 Å². The molecule has 0 atom stereocenters. The number of rotatable bonds is 2. The van der Waals surface area contributed by atoms with Crippen LogP contribution in [0.3, 0.4) is 0 Å². The number of aryl methyl sites for hydroxylation is 3. The number of aromatic nitrogens is 1. The molecule has 0 spiro atoms. The van der Waals surface area contributed by atoms with E-state index in [1.807, 2.05) is 36.5 Å². The van der Waals surface area contributed by atoms with Crippen LogP contribution in [0.4, 0.5) is 0 Å². The van der Waals surface area contributed by atoms with E-state index in [9.17, 15) is 0 Å². The van der Waals surface area contributed by atoms with Crippen LogP contribution in [-0.4, -0.2) is 4.98 Å². The molecule has 0 saturated carbocycles. The summed E-state index contributed by atoms with van der Waals surface area (Å²) in [6, 6.07) is 17.2. The smallest absolute Gasteiger partial charge is 0.0705 e. The van der Waals surface area contributed by atoms with Gasteiger partial charge in [0.25, 0.3) is 0 Å². The van der Waals surface area contributed by atoms with Crippen LogP contribution in [-0.2, 0) is 0 Å². The molecule has 0 aliphatic carbocycles. The fraction of sp³-hybridized carbons (Fsp3) is 0.150. The van der Waals surface area contributed by atoms with Gasteiger partial charge in [-0.05, 0) is 43.5 Å². The monoisotopic (exact) mass is 276 g/mol. The molecule has 0 aliphatic heterocycles. The van der Waals surface area contributed by atoms with E-state index in [1.54, 1.807) is 12.1 Å². The van der Waals surface area contributed by atoms with Crippen LogP contribution in [0, 0.1) is 20.7 Å². The van der Waals surface area contributed by atoms with E-state index in [-0.39, 0.29) is 0 Å². The van der Waals surface area contributed by atoms with E-state index in [4.69, 9.17) is 4.11 Å². The highest BCUT2D eigenvalue weighted by atomic mass is 14.7. The minimum atomic E-state index is -2.07. The second-order valence-corrected chi connectivity index (χ2v) is 5.28. The topological polar surface area (TPSA) is 12.9 Å². The molecule has 0 N–H and O–H groups in total. The summed E-state index contributed by atoms with van der Waals surface area (Å²) in [7, 11) is 0. The molecule has 0 aliphatic rings. The van der Waals surface area contributed by atoms with Crippen molar-refractivity contribution in [2.45, 2.75) is 20.7 Å². The maximum Gasteiger partial charge on any atom is 0.0705 e. The van der Waals surface area contributed by atoms with Gasteiger partial charge in [-0.3, -0.25) is 4.98 Å². The second-order valence-electron chi connectivity index (χ2n) is 5.28. The Bertz CT molecular complexity index is 865. The molecule has 0 bridgehead atoms. The normalized spacial score (nSPS) is 13.3. The van der Waals surface area contributed by atoms with Crippen LogP contribution >= 0.6 is 0 Å². The first kappa shape index (κ1) is 10.3. The lowest BCUT2D eigenvalue weighted by atomic mass is 9.97. The van der Waals surface area contributed by atoms with Crippen molar-refractivity contribution < 1.29 is 4.11 Å². The van der Waals surface area contributed by atoms with Crippen LogP contribution in [0.5, 0.6) is 0 Å². The molecule has 0 amide bonds. The van der Waals surface area contributed by atoms with Crippen molar-refractivity contribution in [1.29, 1.82) is 0 Å². The van der Waals surface area contributed by atoms with Crippen molar-refractivity contribution in [3.63, 3.8) is 0 Å². The molecule has 1 heteroatoms. The Balaban J connectivity index is 1.97. The third kappa shape index (κ3) is 2.73. The number of hydrogen-bond donors (Lipinski definition) is 0. The molecular weight excluding hydrogens is 254 g/mol. The Morgan fingerprint density at radius 1 is 0.857 bits per heavy atom. The number of benzene rings is 2. The maximum absolute atomic E-state index is 7.44. The van der Waals surface area contributed by atoms with Crippen molar-refractivity contribution in [1.82, 2.24) is 4.98 Å². The SMILES string of the molecule is [2H]C([2H])([2H])c1ccc(-c2cc(C)c(-c3ccccc3C)cn2)cc1. The Kier molecular flexibility index (Phi) is 2.72. The summed E-state index contributed by atoms with van der Waals surface area (Å²) in [6.07, 6.45) is 1.89. The van der Waals surface area contributed by atoms with Crippen LogP contribution in [0.2, 0.25) is 0 Å². The number of pyridine rings is 1. The summed E-state index contributed by atoms with van der Waals surface area (Å²) in [6.45, 7) is 2.09. The first-order chi connectivity index (χ1) is 11.4. The van der Waals surface area contributed by atoms with E-state index in [0.717, 1.165) is 22.4 Å². The summed E-state index contributed by atoms with van der Waals surface area (Å²) in [4.78, 5) is 4.58. The predicted octanol–water partition coefficient (Wildman–Crippen LogP) is 5.34. The summed E-state index contributed by atoms with van der Waals surface area (Å²) in [5.74, 6) is 0. The zero-order chi connectivity index (χ0) is 17.3. The van der Waals surface area contributed by atoms with Crippen molar-refractivity contribution in [3.05, 3.63) is 77.5 Å². The second kappa shape index (κ2) is 5.53. The lowest BCUT2D eigenvalue weighted by molar-refractivity contribution is 1.28. The van der Waals surface area contributed by atoms with Gasteiger partial charge in [-0.2, -0.15) is 0 Å². The predicted molar refractivity (Wildman–Crippen MR) is 89.3 cm³/mol. The van der Waals surface area contributed by atoms with Crippen molar-refractivity contribution in [2.75, 3.05) is 0 Å². The first-order valence-corrected chi connectivity index (χ1v) is 7.00. The fourth-order valence-corrected chi connectivity index (χ4v) is 2.51. The van der Waals surface area contributed by atoms with E-state index in [2.05, 4.69) is 31.0 Å². The highest BCUT2D eigenvalue weighted by Crippen LogP contribution is 2.28. The van der Waals surface area contributed by atoms with Gasteiger partial charge in [0.2, 0.25) is 0 Å². The molecule has 0 saturated heterocycles. The number of hydrogen-bond acceptors (Lipinski definition) is 1. The van der Waals surface area contributed by atoms with Gasteiger partial charge in [0, 0.05) is 21.4 Å². The number of nitrogens with zero attached hydrogens (tertiary/aromatic N) is 1. The minimum absolute atomic E-state index is 0.347. The van der Waals surface area contributed by atoms with Gasteiger partial charge in [0.15, 0.2) is 0 Å². The molecule has 0 unspecified atom stereocenters. The molecule has 1 nitrogen and oxygen atoms in total. The Morgan fingerprint density at radius 3 is 2.29 bits per heavy atom. The van der Waals surface area contributed by atoms with Crippen molar-refractivity contribution in [2.24, 2.45) is 0 Å². The third-order valence-electron chi connectivity index (χ3n) is 3.73. The van der Waals surface area contributed by atoms with E-state index < -0.39 is 6.85 Å². The standard InChI is InChI=1S/C20H19N/c1-14-8-10-17(11-9-14)20-12-16(3)19(13-21-20)18-7-5-4-6-15(18)2/h4-13H,1-3H3/i1D3. The average Bonchev–Trinajstić information content (AvgIpc) is 2.55. The van der Waals surface area contributed by atoms with Crippen molar-refractivity contribution in [3.8, 4) is 22.4 Å². The fourth-order valence-electron chi connectivity index (χ4n) is 2.51. The average molecular weight is 276 g/mol. The molecule has 0 fully saturated rings. The van der Waals surface area contributed by atoms with Gasteiger partial charge >= 0.3 is 0 Å². The van der Waals surface area contributed by atoms with Gasteiger partial charge in [0.1, 0.15) is 0 Å². The van der Waals surface area contributed by atoms with Crippen LogP contribution in [0.1, 0.15) is 20.8 Å². The Labute approximate surface area is 130 Å². The molecule has 21 heavy (non-hydrogen) atoms. The Hall–Kier alpha value is -2.41. The van der Waals surface area contributed by atoms with Gasteiger partial charge in [0.05, 0.1) is 5.69 Å². The molecular formula is C20H19N. The lowest BCUT2D eigenvalue weighted by Gasteiger charge is -2.10. The molecule has 3 rings (SSSR count). The van der Waals surface area contributed by atoms with E-state index in [1.165, 1.54) is 11.1 Å². The maximum atomic E-state index is 7.44. The largest absolute Gasteiger partial charge is 0.256 e. The molecule has 1 aromatic heterocycles. The Morgan fingerprint density at radius 2 is 1.62 bits per heavy atom. The molecule has 104 valence electrons. The summed E-state index contributed by atoms with van der Waals surface area (Å²) >= 11 is 0. The summed E-state index contributed by atoms with van der Waals surface area (Å²) in [5.41, 5.74) is 6.79. The highest BCUT2D eigenvalue weighted by molar-refractivity contribution is 5.72. The quantitative estimate of drug-likeness (QED) is 0.615. The van der Waals surface area contributed by atoms with Gasteiger partial charge in [-0.25, -0.2) is 0 Å². The van der Waals surface area contributed by atoms with Gasteiger partial charge in [-0.15, -0.1) is 0 Å². The molecule has 1 heterocycles. The minimum Gasteiger partial charge on any atom is -0.256 e. The first-order valence-electron chi connectivity index (χ1n) is 8.50. The molecule has 2 aromatic carbocycles. The van der Waals surface area contributed by atoms with Crippen LogP contribution in [0.25, 0.3) is 22.4 Å². The van der Waals surface area contributed by atoms with E-state index >= 15 is 0 Å². The third-order valence-corrected chi connectivity index (χ3v) is 3.73. The molecule has 0 radical (unpaired) electrons. The van der Waals surface area contributed by atoms with Crippen molar-refractivity contribution >= 4 is 0 Å².